The molecule has 3 aromatic heterocycles. The van der Waals surface area contributed by atoms with Crippen LogP contribution < -0.4 is 5.32 Å². The van der Waals surface area contributed by atoms with Crippen LogP contribution in [0.1, 0.15) is 17.1 Å². The van der Waals surface area contributed by atoms with Crippen molar-refractivity contribution in [2.75, 3.05) is 11.9 Å². The molecule has 3 N–H and O–H groups in total. The smallest absolute Gasteiger partial charge is 0.217 e. The highest BCUT2D eigenvalue weighted by molar-refractivity contribution is 5.54. The minimum atomic E-state index is -2.39. The van der Waals surface area contributed by atoms with Crippen molar-refractivity contribution >= 4 is 17.4 Å². The molecular weight excluding hydrogens is 354 g/mol. The SMILES string of the molecule is Cc1cc(Nc2nc(C(F)(CO)c3ccc(F)cc3)nc3cccn23)n[nH]1. The number of anilines is 2. The van der Waals surface area contributed by atoms with Crippen molar-refractivity contribution in [1.82, 2.24) is 24.6 Å². The van der Waals surface area contributed by atoms with E-state index in [-0.39, 0.29) is 17.3 Å². The van der Waals surface area contributed by atoms with Gasteiger partial charge in [0.15, 0.2) is 11.6 Å². The Morgan fingerprint density at radius 3 is 2.67 bits per heavy atom. The van der Waals surface area contributed by atoms with Gasteiger partial charge in [-0.1, -0.05) is 12.1 Å². The fourth-order valence-electron chi connectivity index (χ4n) is 2.80. The molecule has 1 aromatic carbocycles. The van der Waals surface area contributed by atoms with Gasteiger partial charge < -0.3 is 10.4 Å². The minimum absolute atomic E-state index is 0.0591. The third-order valence-electron chi connectivity index (χ3n) is 4.21. The zero-order valence-corrected chi connectivity index (χ0v) is 14.3. The summed E-state index contributed by atoms with van der Waals surface area (Å²) >= 11 is 0. The topological polar surface area (TPSA) is 91.1 Å². The molecule has 0 aliphatic carbocycles. The molecule has 7 nitrogen and oxygen atoms in total. The Labute approximate surface area is 152 Å². The lowest BCUT2D eigenvalue weighted by Gasteiger charge is -2.23. The molecule has 0 fully saturated rings. The number of H-pyrrole nitrogens is 1. The summed E-state index contributed by atoms with van der Waals surface area (Å²) < 4.78 is 30.6. The van der Waals surface area contributed by atoms with Gasteiger partial charge >= 0.3 is 0 Å². The Morgan fingerprint density at radius 1 is 1.22 bits per heavy atom. The van der Waals surface area contributed by atoms with Crippen molar-refractivity contribution in [2.24, 2.45) is 0 Å². The van der Waals surface area contributed by atoms with Gasteiger partial charge in [0.1, 0.15) is 11.5 Å². The maximum atomic E-state index is 15.7. The monoisotopic (exact) mass is 370 g/mol. The number of aliphatic hydroxyl groups is 1. The first-order valence-corrected chi connectivity index (χ1v) is 8.20. The lowest BCUT2D eigenvalue weighted by molar-refractivity contribution is 0.0983. The lowest BCUT2D eigenvalue weighted by Crippen LogP contribution is -2.30. The van der Waals surface area contributed by atoms with Gasteiger partial charge in [-0.25, -0.2) is 13.8 Å². The molecule has 1 unspecified atom stereocenters. The van der Waals surface area contributed by atoms with Crippen molar-refractivity contribution in [3.63, 3.8) is 0 Å². The van der Waals surface area contributed by atoms with E-state index < -0.39 is 18.1 Å². The van der Waals surface area contributed by atoms with Gasteiger partial charge in [-0.05, 0) is 36.8 Å². The van der Waals surface area contributed by atoms with Gasteiger partial charge in [-0.2, -0.15) is 10.1 Å². The summed E-state index contributed by atoms with van der Waals surface area (Å²) in [4.78, 5) is 8.52. The number of halogens is 2. The van der Waals surface area contributed by atoms with E-state index in [1.165, 1.54) is 12.1 Å². The van der Waals surface area contributed by atoms with Crippen molar-refractivity contribution in [3.8, 4) is 0 Å². The molecule has 3 heterocycles. The summed E-state index contributed by atoms with van der Waals surface area (Å²) in [6.45, 7) is 0.957. The molecular formula is C18H16F2N6O. The number of aryl methyl sites for hydroxylation is 1. The zero-order chi connectivity index (χ0) is 19.0. The molecule has 0 aliphatic heterocycles. The van der Waals surface area contributed by atoms with Crippen LogP contribution >= 0.6 is 0 Å². The second kappa shape index (κ2) is 6.44. The standard InChI is InChI=1S/C18H16F2N6O/c1-11-9-14(25-24-11)21-17-23-16(22-15-3-2-8-26(15)17)18(20,10-27)12-4-6-13(19)7-5-12/h2-9,27H,10H2,1H3,(H2,21,22,23,24,25). The third kappa shape index (κ3) is 3.02. The van der Waals surface area contributed by atoms with Crippen LogP contribution in [0.3, 0.4) is 0 Å². The van der Waals surface area contributed by atoms with E-state index in [2.05, 4.69) is 25.5 Å². The maximum Gasteiger partial charge on any atom is 0.217 e. The molecule has 0 spiro atoms. The van der Waals surface area contributed by atoms with E-state index in [1.54, 1.807) is 28.8 Å². The summed E-state index contributed by atoms with van der Waals surface area (Å²) in [5, 5.41) is 19.7. The number of alkyl halides is 1. The molecule has 1 atom stereocenters. The van der Waals surface area contributed by atoms with Crippen LogP contribution in [-0.2, 0) is 5.67 Å². The molecule has 9 heteroatoms. The summed E-state index contributed by atoms with van der Waals surface area (Å²) in [5.41, 5.74) is -1.05. The highest BCUT2D eigenvalue weighted by Gasteiger charge is 2.38. The molecule has 0 saturated carbocycles. The van der Waals surface area contributed by atoms with Crippen LogP contribution in [0.2, 0.25) is 0 Å². The second-order valence-electron chi connectivity index (χ2n) is 6.13. The highest BCUT2D eigenvalue weighted by atomic mass is 19.1. The minimum Gasteiger partial charge on any atom is -0.392 e. The number of hydrogen-bond donors (Lipinski definition) is 3. The number of nitrogens with zero attached hydrogens (tertiary/aromatic N) is 4. The largest absolute Gasteiger partial charge is 0.392 e. The van der Waals surface area contributed by atoms with E-state index in [4.69, 9.17) is 0 Å². The second-order valence-corrected chi connectivity index (χ2v) is 6.13. The Kier molecular flexibility index (Phi) is 4.08. The summed E-state index contributed by atoms with van der Waals surface area (Å²) in [6.07, 6.45) is 1.72. The van der Waals surface area contributed by atoms with Gasteiger partial charge in [0.2, 0.25) is 11.6 Å². The van der Waals surface area contributed by atoms with E-state index in [0.29, 0.717) is 11.5 Å². The molecule has 0 radical (unpaired) electrons. The third-order valence-corrected chi connectivity index (χ3v) is 4.21. The zero-order valence-electron chi connectivity index (χ0n) is 14.3. The van der Waals surface area contributed by atoms with Crippen LogP contribution in [0, 0.1) is 12.7 Å². The summed E-state index contributed by atoms with van der Waals surface area (Å²) in [6, 6.07) is 9.98. The molecule has 0 saturated heterocycles. The van der Waals surface area contributed by atoms with Gasteiger partial charge in [0, 0.05) is 18.0 Å². The normalized spacial score (nSPS) is 13.6. The molecule has 4 aromatic rings. The first-order chi connectivity index (χ1) is 13.0. The van der Waals surface area contributed by atoms with Crippen LogP contribution in [0.15, 0.2) is 48.7 Å². The number of fused-ring (bicyclic) bond motifs is 1. The number of aliphatic hydroxyl groups excluding tert-OH is 1. The Balaban J connectivity index is 1.84. The molecule has 138 valence electrons. The highest BCUT2D eigenvalue weighted by Crippen LogP contribution is 2.33. The van der Waals surface area contributed by atoms with Crippen LogP contribution in [0.5, 0.6) is 0 Å². The van der Waals surface area contributed by atoms with Crippen molar-refractivity contribution < 1.29 is 13.9 Å². The number of hydrogen-bond acceptors (Lipinski definition) is 5. The number of aromatic nitrogens is 5. The lowest BCUT2D eigenvalue weighted by atomic mass is 9.95. The average Bonchev–Trinajstić information content (AvgIpc) is 3.30. The quantitative estimate of drug-likeness (QED) is 0.503. The Morgan fingerprint density at radius 2 is 2.00 bits per heavy atom. The molecule has 0 amide bonds. The molecule has 27 heavy (non-hydrogen) atoms. The molecule has 0 bridgehead atoms. The molecule has 0 aliphatic rings. The fraction of sp³-hybridized carbons (Fsp3) is 0.167. The van der Waals surface area contributed by atoms with E-state index in [1.807, 2.05) is 6.92 Å². The number of aromatic amines is 1. The van der Waals surface area contributed by atoms with Gasteiger partial charge in [-0.3, -0.25) is 9.50 Å². The Bertz CT molecular complexity index is 1090. The number of benzene rings is 1. The van der Waals surface area contributed by atoms with E-state index in [9.17, 15) is 9.50 Å². The van der Waals surface area contributed by atoms with Gasteiger partial charge in [0.05, 0.1) is 6.61 Å². The fourth-order valence-corrected chi connectivity index (χ4v) is 2.80. The first kappa shape index (κ1) is 17.1. The number of rotatable bonds is 5. The number of nitrogens with one attached hydrogen (secondary N) is 2. The van der Waals surface area contributed by atoms with Crippen LogP contribution in [-0.4, -0.2) is 36.3 Å². The summed E-state index contributed by atoms with van der Waals surface area (Å²) in [7, 11) is 0. The predicted octanol–water partition coefficient (Wildman–Crippen LogP) is 2.85. The van der Waals surface area contributed by atoms with Crippen molar-refractivity contribution in [1.29, 1.82) is 0 Å². The van der Waals surface area contributed by atoms with Crippen molar-refractivity contribution in [2.45, 2.75) is 12.6 Å². The van der Waals surface area contributed by atoms with Crippen molar-refractivity contribution in [3.05, 3.63) is 71.6 Å². The van der Waals surface area contributed by atoms with Crippen LogP contribution in [0.25, 0.3) is 5.65 Å². The van der Waals surface area contributed by atoms with Crippen LogP contribution in [0.4, 0.5) is 20.5 Å². The average molecular weight is 370 g/mol. The predicted molar refractivity (Wildman–Crippen MR) is 95.0 cm³/mol. The molecule has 4 rings (SSSR count). The maximum absolute atomic E-state index is 15.7. The van der Waals surface area contributed by atoms with Gasteiger partial charge in [0.25, 0.3) is 0 Å². The van der Waals surface area contributed by atoms with E-state index in [0.717, 1.165) is 17.8 Å². The Hall–Kier alpha value is -3.33. The first-order valence-electron chi connectivity index (χ1n) is 8.20. The van der Waals surface area contributed by atoms with E-state index >= 15 is 4.39 Å². The summed E-state index contributed by atoms with van der Waals surface area (Å²) in [5.74, 6) is 0.0438. The van der Waals surface area contributed by atoms with Gasteiger partial charge in [-0.15, -0.1) is 0 Å².